The summed E-state index contributed by atoms with van der Waals surface area (Å²) in [6.45, 7) is 0.313. The van der Waals surface area contributed by atoms with Gasteiger partial charge in [-0.2, -0.15) is 0 Å². The van der Waals surface area contributed by atoms with Crippen molar-refractivity contribution in [3.63, 3.8) is 0 Å². The summed E-state index contributed by atoms with van der Waals surface area (Å²) >= 11 is 1.44. The number of aromatic amines is 1. The maximum Gasteiger partial charge on any atom is 0.338 e. The van der Waals surface area contributed by atoms with Gasteiger partial charge in [-0.25, -0.2) is 9.78 Å². The maximum absolute atomic E-state index is 11.8. The third kappa shape index (κ3) is 4.20. The quantitative estimate of drug-likeness (QED) is 0.427. The van der Waals surface area contributed by atoms with E-state index in [4.69, 9.17) is 4.74 Å². The number of nitrogens with zero attached hydrogens (tertiary/aromatic N) is 2. The monoisotopic (exact) mass is 325 g/mol. The fourth-order valence-electron chi connectivity index (χ4n) is 1.96. The van der Waals surface area contributed by atoms with Crippen LogP contribution in [-0.2, 0) is 4.74 Å². The van der Waals surface area contributed by atoms with Gasteiger partial charge in [0.15, 0.2) is 5.82 Å². The van der Waals surface area contributed by atoms with Crippen molar-refractivity contribution in [3.8, 4) is 11.4 Å². The number of H-pyrrole nitrogens is 1. The summed E-state index contributed by atoms with van der Waals surface area (Å²) in [6.07, 6.45) is 0. The summed E-state index contributed by atoms with van der Waals surface area (Å²) in [5.74, 6) is 1.02. The van der Waals surface area contributed by atoms with Crippen LogP contribution in [0.15, 0.2) is 65.8 Å². The molecule has 2 aromatic carbocycles. The van der Waals surface area contributed by atoms with Crippen molar-refractivity contribution in [3.05, 3.63) is 66.2 Å². The zero-order chi connectivity index (χ0) is 15.9. The van der Waals surface area contributed by atoms with Crippen molar-refractivity contribution >= 4 is 17.7 Å². The highest BCUT2D eigenvalue weighted by molar-refractivity contribution is 7.99. The van der Waals surface area contributed by atoms with Crippen molar-refractivity contribution in [2.75, 3.05) is 12.4 Å². The van der Waals surface area contributed by atoms with Crippen molar-refractivity contribution in [2.45, 2.75) is 5.16 Å². The van der Waals surface area contributed by atoms with Crippen LogP contribution in [0.2, 0.25) is 0 Å². The molecule has 0 fully saturated rings. The van der Waals surface area contributed by atoms with E-state index in [9.17, 15) is 4.79 Å². The van der Waals surface area contributed by atoms with Gasteiger partial charge in [-0.05, 0) is 12.1 Å². The van der Waals surface area contributed by atoms with Gasteiger partial charge in [0.2, 0.25) is 5.16 Å². The molecule has 1 N–H and O–H groups in total. The molecule has 0 aliphatic carbocycles. The van der Waals surface area contributed by atoms with Crippen LogP contribution in [0.1, 0.15) is 10.4 Å². The lowest BCUT2D eigenvalue weighted by atomic mass is 10.2. The molecule has 0 bridgehead atoms. The first-order valence-corrected chi connectivity index (χ1v) is 8.14. The van der Waals surface area contributed by atoms with Crippen molar-refractivity contribution < 1.29 is 9.53 Å². The summed E-state index contributed by atoms with van der Waals surface area (Å²) in [5, 5.41) is 7.70. The number of carbonyl (C=O) groups excluding carboxylic acids is 1. The second kappa shape index (κ2) is 7.60. The number of ether oxygens (including phenoxy) is 1. The van der Waals surface area contributed by atoms with Gasteiger partial charge in [0.25, 0.3) is 0 Å². The highest BCUT2D eigenvalue weighted by Crippen LogP contribution is 2.18. The van der Waals surface area contributed by atoms with E-state index in [2.05, 4.69) is 15.2 Å². The molecule has 1 heterocycles. The summed E-state index contributed by atoms with van der Waals surface area (Å²) < 4.78 is 5.22. The third-order valence-corrected chi connectivity index (χ3v) is 3.88. The van der Waals surface area contributed by atoms with Crippen LogP contribution in [0.5, 0.6) is 0 Å². The average Bonchev–Trinajstić information content (AvgIpc) is 3.09. The van der Waals surface area contributed by atoms with Crippen LogP contribution >= 0.6 is 11.8 Å². The molecular weight excluding hydrogens is 310 g/mol. The van der Waals surface area contributed by atoms with Crippen molar-refractivity contribution in [1.29, 1.82) is 0 Å². The molecule has 0 aliphatic heterocycles. The Morgan fingerprint density at radius 1 is 1.04 bits per heavy atom. The lowest BCUT2D eigenvalue weighted by Crippen LogP contribution is -2.07. The van der Waals surface area contributed by atoms with Gasteiger partial charge in [0.1, 0.15) is 6.61 Å². The number of thioether (sulfide) groups is 1. The minimum absolute atomic E-state index is 0.313. The van der Waals surface area contributed by atoms with E-state index in [-0.39, 0.29) is 5.97 Å². The molecule has 116 valence electrons. The van der Waals surface area contributed by atoms with Crippen LogP contribution in [0.3, 0.4) is 0 Å². The molecule has 3 aromatic rings. The van der Waals surface area contributed by atoms with E-state index >= 15 is 0 Å². The van der Waals surface area contributed by atoms with Gasteiger partial charge in [-0.15, -0.1) is 5.10 Å². The standard InChI is InChI=1S/C17H15N3O2S/c21-16(14-9-5-2-6-10-14)22-11-12-23-17-18-15(19-20-17)13-7-3-1-4-8-13/h1-10H,11-12H2,(H,18,19,20). The van der Waals surface area contributed by atoms with E-state index in [1.54, 1.807) is 12.1 Å². The molecule has 0 spiro atoms. The minimum atomic E-state index is -0.314. The van der Waals surface area contributed by atoms with Crippen LogP contribution in [0.4, 0.5) is 0 Å². The van der Waals surface area contributed by atoms with Crippen molar-refractivity contribution in [1.82, 2.24) is 15.2 Å². The first-order chi connectivity index (χ1) is 11.3. The number of rotatable bonds is 6. The number of esters is 1. The molecule has 5 nitrogen and oxygen atoms in total. The predicted molar refractivity (Wildman–Crippen MR) is 89.3 cm³/mol. The van der Waals surface area contributed by atoms with E-state index in [1.807, 2.05) is 48.5 Å². The summed E-state index contributed by atoms with van der Waals surface area (Å²) in [6, 6.07) is 18.7. The van der Waals surface area contributed by atoms with Gasteiger partial charge >= 0.3 is 5.97 Å². The molecule has 23 heavy (non-hydrogen) atoms. The molecule has 0 radical (unpaired) electrons. The fraction of sp³-hybridized carbons (Fsp3) is 0.118. The SMILES string of the molecule is O=C(OCCSc1n[nH]c(-c2ccccc2)n1)c1ccccc1. The summed E-state index contributed by atoms with van der Waals surface area (Å²) in [4.78, 5) is 16.2. The average molecular weight is 325 g/mol. The van der Waals surface area contributed by atoms with E-state index < -0.39 is 0 Å². The van der Waals surface area contributed by atoms with Crippen molar-refractivity contribution in [2.24, 2.45) is 0 Å². The Morgan fingerprint density at radius 3 is 2.48 bits per heavy atom. The second-order valence-electron chi connectivity index (χ2n) is 4.68. The molecule has 3 rings (SSSR count). The molecule has 0 saturated carbocycles. The number of carbonyl (C=O) groups is 1. The normalized spacial score (nSPS) is 10.4. The first-order valence-electron chi connectivity index (χ1n) is 7.16. The van der Waals surface area contributed by atoms with Gasteiger partial charge < -0.3 is 4.74 Å². The summed E-state index contributed by atoms with van der Waals surface area (Å²) in [5.41, 5.74) is 1.55. The first kappa shape index (κ1) is 15.3. The number of benzene rings is 2. The van der Waals surface area contributed by atoms with E-state index in [0.29, 0.717) is 23.1 Å². The molecule has 0 saturated heterocycles. The lowest BCUT2D eigenvalue weighted by Gasteiger charge is -2.03. The molecule has 6 heteroatoms. The zero-order valence-corrected chi connectivity index (χ0v) is 13.1. The van der Waals surface area contributed by atoms with Crippen LogP contribution in [-0.4, -0.2) is 33.5 Å². The highest BCUT2D eigenvalue weighted by atomic mass is 32.2. The molecule has 0 atom stereocenters. The lowest BCUT2D eigenvalue weighted by molar-refractivity contribution is 0.0530. The Labute approximate surface area is 138 Å². The Kier molecular flexibility index (Phi) is 5.06. The smallest absolute Gasteiger partial charge is 0.338 e. The van der Waals surface area contributed by atoms with E-state index in [1.165, 1.54) is 11.8 Å². The Morgan fingerprint density at radius 2 is 1.74 bits per heavy atom. The largest absolute Gasteiger partial charge is 0.461 e. The molecular formula is C17H15N3O2S. The Balaban J connectivity index is 1.46. The molecule has 0 unspecified atom stereocenters. The maximum atomic E-state index is 11.8. The van der Waals surface area contributed by atoms with Gasteiger partial charge in [-0.1, -0.05) is 60.3 Å². The number of aromatic nitrogens is 3. The number of nitrogens with one attached hydrogen (secondary N) is 1. The fourth-order valence-corrected chi connectivity index (χ4v) is 2.58. The van der Waals surface area contributed by atoms with E-state index in [0.717, 1.165) is 11.4 Å². The number of hydrogen-bond donors (Lipinski definition) is 1. The zero-order valence-electron chi connectivity index (χ0n) is 12.3. The van der Waals surface area contributed by atoms with Crippen LogP contribution < -0.4 is 0 Å². The molecule has 0 amide bonds. The number of hydrogen-bond acceptors (Lipinski definition) is 5. The van der Waals surface area contributed by atoms with Crippen LogP contribution in [0.25, 0.3) is 11.4 Å². The molecule has 0 aliphatic rings. The van der Waals surface area contributed by atoms with Crippen LogP contribution in [0, 0.1) is 0 Å². The Bertz CT molecular complexity index is 760. The topological polar surface area (TPSA) is 67.9 Å². The third-order valence-electron chi connectivity index (χ3n) is 3.07. The Hall–Kier alpha value is -2.60. The summed E-state index contributed by atoms with van der Waals surface area (Å²) in [7, 11) is 0. The van der Waals surface area contributed by atoms with Gasteiger partial charge in [0, 0.05) is 11.3 Å². The van der Waals surface area contributed by atoms with Gasteiger partial charge in [-0.3, -0.25) is 5.10 Å². The second-order valence-corrected chi connectivity index (χ2v) is 5.75. The molecule has 1 aromatic heterocycles. The van der Waals surface area contributed by atoms with Gasteiger partial charge in [0.05, 0.1) is 5.56 Å². The predicted octanol–water partition coefficient (Wildman–Crippen LogP) is 3.42. The minimum Gasteiger partial charge on any atom is -0.461 e. The highest BCUT2D eigenvalue weighted by Gasteiger charge is 2.08.